The molecule has 1 heterocycles. The molecule has 1 aromatic rings. The van der Waals surface area contributed by atoms with E-state index in [0.717, 1.165) is 38.8 Å². The van der Waals surface area contributed by atoms with Crippen molar-refractivity contribution in [3.63, 3.8) is 0 Å². The van der Waals surface area contributed by atoms with Crippen LogP contribution >= 0.6 is 11.8 Å². The molecule has 0 bridgehead atoms. The van der Waals surface area contributed by atoms with E-state index in [4.69, 9.17) is 5.11 Å². The molecule has 36 heavy (non-hydrogen) atoms. The van der Waals surface area contributed by atoms with Crippen molar-refractivity contribution in [3.8, 4) is 0 Å². The molecule has 1 amide bonds. The number of piperidine rings is 1. The molecular formula is C29H37N3O3S. The third-order valence-electron chi connectivity index (χ3n) is 5.75. The Morgan fingerprint density at radius 3 is 2.56 bits per heavy atom. The second-order valence-corrected chi connectivity index (χ2v) is 9.15. The van der Waals surface area contributed by atoms with Gasteiger partial charge in [-0.2, -0.15) is 0 Å². The highest BCUT2D eigenvalue weighted by Crippen LogP contribution is 2.28. The summed E-state index contributed by atoms with van der Waals surface area (Å²) in [7, 11) is 0. The Bertz CT molecular complexity index is 973. The summed E-state index contributed by atoms with van der Waals surface area (Å²) in [4.78, 5) is 34.3. The highest BCUT2D eigenvalue weighted by atomic mass is 32.2. The van der Waals surface area contributed by atoms with Gasteiger partial charge in [-0.15, -0.1) is 11.8 Å². The van der Waals surface area contributed by atoms with Crippen LogP contribution in [-0.2, 0) is 9.59 Å². The van der Waals surface area contributed by atoms with Crippen LogP contribution < -0.4 is 0 Å². The summed E-state index contributed by atoms with van der Waals surface area (Å²) in [6, 6.07) is 10.5. The summed E-state index contributed by atoms with van der Waals surface area (Å²) in [6.45, 7) is 1.44. The van der Waals surface area contributed by atoms with Gasteiger partial charge in [0.05, 0.1) is 0 Å². The highest BCUT2D eigenvalue weighted by Gasteiger charge is 2.24. The molecule has 0 unspecified atom stereocenters. The van der Waals surface area contributed by atoms with Gasteiger partial charge in [0.2, 0.25) is 0 Å². The molecule has 6 nitrogen and oxygen atoms in total. The van der Waals surface area contributed by atoms with Crippen LogP contribution in [-0.4, -0.2) is 53.7 Å². The number of allylic oxidation sites excluding steroid dienone is 3. The number of carboxylic acid groups (broad SMARTS) is 1. The second kappa shape index (κ2) is 18.1. The van der Waals surface area contributed by atoms with Crippen molar-refractivity contribution in [2.45, 2.75) is 50.9 Å². The Hall–Kier alpha value is -3.19. The van der Waals surface area contributed by atoms with Gasteiger partial charge in [0.25, 0.3) is 5.91 Å². The minimum atomic E-state index is -0.776. The van der Waals surface area contributed by atoms with Crippen LogP contribution in [0.3, 0.4) is 0 Å². The van der Waals surface area contributed by atoms with Gasteiger partial charge >= 0.3 is 5.97 Å². The van der Waals surface area contributed by atoms with Crippen LogP contribution in [0.5, 0.6) is 0 Å². The standard InChI is InChI=1S/C29H37N3O3S/c1-36-24-9-8-19-30-20-10-13-27(15-21-31-18-7-3-6-14-28(33)34)29(35)32-22-16-26(17-23-32)25-11-4-2-5-12-25/h2,4-5,9-13,15,18-21,24,26H,3,6-8,14,16-17,22-23H2,1H3,(H,33,34)/b20-10+,21-15+,24-9-,27-13+,30-19?,31-18?. The number of carbonyl (C=O) groups is 2. The fourth-order valence-corrected chi connectivity index (χ4v) is 4.13. The van der Waals surface area contributed by atoms with E-state index in [-0.39, 0.29) is 12.3 Å². The van der Waals surface area contributed by atoms with Crippen molar-refractivity contribution >= 4 is 36.1 Å². The van der Waals surface area contributed by atoms with Crippen LogP contribution in [0.4, 0.5) is 0 Å². The Balaban J connectivity index is 1.97. The maximum atomic E-state index is 13.3. The Kier molecular flexibility index (Phi) is 14.6. The van der Waals surface area contributed by atoms with Crippen LogP contribution in [0.15, 0.2) is 88.0 Å². The third-order valence-corrected chi connectivity index (χ3v) is 6.21. The van der Waals surface area contributed by atoms with Gasteiger partial charge in [0, 0.05) is 56.3 Å². The van der Waals surface area contributed by atoms with E-state index in [1.807, 2.05) is 34.9 Å². The molecular weight excluding hydrogens is 470 g/mol. The number of amides is 1. The van der Waals surface area contributed by atoms with Gasteiger partial charge in [-0.3, -0.25) is 19.6 Å². The summed E-state index contributed by atoms with van der Waals surface area (Å²) in [6.07, 6.45) is 21.2. The van der Waals surface area contributed by atoms with Crippen molar-refractivity contribution in [3.05, 3.63) is 83.6 Å². The second-order valence-electron chi connectivity index (χ2n) is 8.40. The number of thioether (sulfide) groups is 1. The minimum Gasteiger partial charge on any atom is -0.481 e. The number of carboxylic acids is 1. The minimum absolute atomic E-state index is 0.00838. The maximum Gasteiger partial charge on any atom is 0.303 e. The number of hydrogen-bond donors (Lipinski definition) is 1. The summed E-state index contributed by atoms with van der Waals surface area (Å²) in [5, 5.41) is 10.7. The number of rotatable bonds is 14. The molecule has 0 aliphatic carbocycles. The lowest BCUT2D eigenvalue weighted by Crippen LogP contribution is -2.38. The zero-order valence-electron chi connectivity index (χ0n) is 21.0. The quantitative estimate of drug-likeness (QED) is 0.137. The van der Waals surface area contributed by atoms with Crippen molar-refractivity contribution in [2.24, 2.45) is 9.98 Å². The largest absolute Gasteiger partial charge is 0.481 e. The Labute approximate surface area is 219 Å². The highest BCUT2D eigenvalue weighted by molar-refractivity contribution is 8.01. The number of benzene rings is 1. The first-order valence-electron chi connectivity index (χ1n) is 12.4. The molecule has 7 heteroatoms. The van der Waals surface area contributed by atoms with Gasteiger partial charge in [-0.25, -0.2) is 0 Å². The first-order valence-corrected chi connectivity index (χ1v) is 13.7. The summed E-state index contributed by atoms with van der Waals surface area (Å²) < 4.78 is 0. The van der Waals surface area contributed by atoms with Crippen LogP contribution in [0.25, 0.3) is 0 Å². The lowest BCUT2D eigenvalue weighted by molar-refractivity contribution is -0.137. The summed E-state index contributed by atoms with van der Waals surface area (Å²) in [5.74, 6) is -0.300. The van der Waals surface area contributed by atoms with E-state index in [9.17, 15) is 9.59 Å². The fraction of sp³-hybridized carbons (Fsp3) is 0.379. The number of aliphatic carboxylic acids is 1. The lowest BCUT2D eigenvalue weighted by Gasteiger charge is -2.32. The van der Waals surface area contributed by atoms with Crippen molar-refractivity contribution in [2.75, 3.05) is 19.3 Å². The fourth-order valence-electron chi connectivity index (χ4n) is 3.82. The molecule has 0 saturated carbocycles. The van der Waals surface area contributed by atoms with E-state index in [1.165, 1.54) is 5.56 Å². The van der Waals surface area contributed by atoms with E-state index in [1.54, 1.807) is 48.6 Å². The molecule has 1 N–H and O–H groups in total. The van der Waals surface area contributed by atoms with E-state index < -0.39 is 5.97 Å². The lowest BCUT2D eigenvalue weighted by atomic mass is 9.89. The molecule has 1 aromatic carbocycles. The van der Waals surface area contributed by atoms with Gasteiger partial charge in [0.1, 0.15) is 0 Å². The van der Waals surface area contributed by atoms with E-state index in [0.29, 0.717) is 24.3 Å². The van der Waals surface area contributed by atoms with E-state index >= 15 is 0 Å². The van der Waals surface area contributed by atoms with Gasteiger partial charge in [-0.05, 0) is 73.5 Å². The first kappa shape index (κ1) is 29.0. The maximum absolute atomic E-state index is 13.3. The number of likely N-dealkylation sites (tertiary alicyclic amines) is 1. The molecule has 2 rings (SSSR count). The third kappa shape index (κ3) is 12.0. The summed E-state index contributed by atoms with van der Waals surface area (Å²) >= 11 is 1.65. The van der Waals surface area contributed by atoms with Crippen molar-refractivity contribution < 1.29 is 14.7 Å². The van der Waals surface area contributed by atoms with Gasteiger partial charge in [0.15, 0.2) is 0 Å². The predicted molar refractivity (Wildman–Crippen MR) is 152 cm³/mol. The molecule has 0 radical (unpaired) electrons. The molecule has 0 spiro atoms. The predicted octanol–water partition coefficient (Wildman–Crippen LogP) is 6.40. The monoisotopic (exact) mass is 507 g/mol. The number of unbranched alkanes of at least 4 members (excludes halogenated alkanes) is 2. The summed E-state index contributed by atoms with van der Waals surface area (Å²) in [5.41, 5.74) is 1.90. The smallest absolute Gasteiger partial charge is 0.303 e. The number of nitrogens with zero attached hydrogens (tertiary/aromatic N) is 3. The molecule has 0 atom stereocenters. The van der Waals surface area contributed by atoms with Crippen molar-refractivity contribution in [1.82, 2.24) is 4.90 Å². The normalized spacial score (nSPS) is 15.9. The molecule has 1 aliphatic heterocycles. The number of carbonyl (C=O) groups excluding carboxylic acids is 1. The molecule has 1 saturated heterocycles. The zero-order valence-corrected chi connectivity index (χ0v) is 21.9. The molecule has 192 valence electrons. The number of aliphatic imine (C=N–C) groups is 2. The van der Waals surface area contributed by atoms with E-state index in [2.05, 4.69) is 34.3 Å². The number of hydrogen-bond acceptors (Lipinski definition) is 5. The average molecular weight is 508 g/mol. The first-order chi connectivity index (χ1) is 17.6. The molecule has 1 fully saturated rings. The van der Waals surface area contributed by atoms with Crippen molar-refractivity contribution in [1.29, 1.82) is 0 Å². The van der Waals surface area contributed by atoms with Gasteiger partial charge < -0.3 is 10.0 Å². The van der Waals surface area contributed by atoms with Crippen LogP contribution in [0.2, 0.25) is 0 Å². The molecule has 0 aromatic heterocycles. The zero-order chi connectivity index (χ0) is 25.8. The topological polar surface area (TPSA) is 82.3 Å². The van der Waals surface area contributed by atoms with Gasteiger partial charge in [-0.1, -0.05) is 36.4 Å². The van der Waals surface area contributed by atoms with Crippen LogP contribution in [0, 0.1) is 0 Å². The Morgan fingerprint density at radius 1 is 1.08 bits per heavy atom. The van der Waals surface area contributed by atoms with Crippen LogP contribution in [0.1, 0.15) is 56.4 Å². The Morgan fingerprint density at radius 2 is 1.83 bits per heavy atom. The SMILES string of the molecule is CS/C=C\CC=N/C=C/C=C(\C=C\N=CCCCCC(=O)O)C(=O)N1CCC(c2ccccc2)CC1. The molecule has 1 aliphatic rings. The average Bonchev–Trinajstić information content (AvgIpc) is 2.90.